The van der Waals surface area contributed by atoms with Gasteiger partial charge in [0.05, 0.1) is 12.2 Å². The van der Waals surface area contributed by atoms with Crippen molar-refractivity contribution in [3.63, 3.8) is 0 Å². The largest absolute Gasteiger partial charge is 0.493 e. The molecule has 7 nitrogen and oxygen atoms in total. The van der Waals surface area contributed by atoms with E-state index in [-0.39, 0.29) is 5.91 Å². The van der Waals surface area contributed by atoms with Crippen LogP contribution >= 0.6 is 0 Å². The van der Waals surface area contributed by atoms with Gasteiger partial charge >= 0.3 is 0 Å². The molecule has 0 atom stereocenters. The molecule has 2 heterocycles. The van der Waals surface area contributed by atoms with Crippen LogP contribution in [0.2, 0.25) is 0 Å². The number of benzene rings is 3. The Morgan fingerprint density at radius 2 is 1.74 bits per heavy atom. The summed E-state index contributed by atoms with van der Waals surface area (Å²) in [7, 11) is 0. The maximum Gasteiger partial charge on any atom is 0.260 e. The molecule has 0 saturated carbocycles. The monoisotopic (exact) mass is 450 g/mol. The molecule has 0 aliphatic rings. The van der Waals surface area contributed by atoms with Gasteiger partial charge in [-0.2, -0.15) is 0 Å². The minimum absolute atomic E-state index is 0.235. The number of ether oxygens (including phenoxy) is 2. The predicted octanol–water partition coefficient (Wildman–Crippen LogP) is 5.86. The molecule has 5 aromatic rings. The van der Waals surface area contributed by atoms with E-state index in [0.717, 1.165) is 10.8 Å². The van der Waals surface area contributed by atoms with Gasteiger partial charge in [-0.3, -0.25) is 4.79 Å². The number of hydrogen-bond acceptors (Lipinski definition) is 5. The van der Waals surface area contributed by atoms with Gasteiger partial charge in [0.2, 0.25) is 5.88 Å². The maximum atomic E-state index is 13.2. The number of anilines is 1. The van der Waals surface area contributed by atoms with Crippen molar-refractivity contribution in [1.82, 2.24) is 14.5 Å². The number of nitrogens with one attached hydrogen (secondary N) is 1. The topological polar surface area (TPSA) is 78.3 Å². The normalized spacial score (nSPS) is 10.7. The summed E-state index contributed by atoms with van der Waals surface area (Å²) in [6.07, 6.45) is 5.26. The molecule has 2 aromatic heterocycles. The molecule has 7 heteroatoms. The quantitative estimate of drug-likeness (QED) is 0.336. The van der Waals surface area contributed by atoms with Gasteiger partial charge in [0.25, 0.3) is 5.91 Å². The lowest BCUT2D eigenvalue weighted by Crippen LogP contribution is -2.14. The Kier molecular flexibility index (Phi) is 5.90. The van der Waals surface area contributed by atoms with Crippen LogP contribution in [0, 0.1) is 0 Å². The van der Waals surface area contributed by atoms with Crippen molar-refractivity contribution in [2.75, 3.05) is 11.9 Å². The molecule has 0 fully saturated rings. The van der Waals surface area contributed by atoms with E-state index in [4.69, 9.17) is 9.47 Å². The molecule has 0 bridgehead atoms. The fourth-order valence-electron chi connectivity index (χ4n) is 3.70. The molecule has 0 spiro atoms. The van der Waals surface area contributed by atoms with E-state index in [0.29, 0.717) is 41.1 Å². The summed E-state index contributed by atoms with van der Waals surface area (Å²) in [5.74, 6) is 2.05. The average Bonchev–Trinajstić information content (AvgIpc) is 3.41. The van der Waals surface area contributed by atoms with Crippen molar-refractivity contribution in [2.24, 2.45) is 0 Å². The van der Waals surface area contributed by atoms with Crippen molar-refractivity contribution in [1.29, 1.82) is 0 Å². The first-order valence-electron chi connectivity index (χ1n) is 10.9. The van der Waals surface area contributed by atoms with Crippen LogP contribution in [0.15, 0.2) is 97.6 Å². The van der Waals surface area contributed by atoms with Gasteiger partial charge in [-0.15, -0.1) is 0 Å². The second-order valence-corrected chi connectivity index (χ2v) is 7.48. The number of amides is 1. The Labute approximate surface area is 196 Å². The standard InChI is InChI=1S/C27H22N4O3/c1-2-33-23-14-9-19-7-3-4-8-22(19)26(23)27(32)30-20-10-12-21(13-11-20)34-25-17-24(28-18-29-25)31-15-5-6-16-31/h3-18H,2H2,1H3,(H,30,32). The lowest BCUT2D eigenvalue weighted by Gasteiger charge is -2.14. The van der Waals surface area contributed by atoms with Crippen LogP contribution in [0.4, 0.5) is 5.69 Å². The molecule has 1 N–H and O–H groups in total. The zero-order chi connectivity index (χ0) is 23.3. The van der Waals surface area contributed by atoms with E-state index in [1.54, 1.807) is 30.3 Å². The minimum Gasteiger partial charge on any atom is -0.493 e. The van der Waals surface area contributed by atoms with Gasteiger partial charge < -0.3 is 19.4 Å². The zero-order valence-electron chi connectivity index (χ0n) is 18.5. The highest BCUT2D eigenvalue weighted by Gasteiger charge is 2.17. The summed E-state index contributed by atoms with van der Waals surface area (Å²) < 4.78 is 13.5. The number of aromatic nitrogens is 3. The molecule has 0 saturated heterocycles. The fourth-order valence-corrected chi connectivity index (χ4v) is 3.70. The molecular weight excluding hydrogens is 428 g/mol. The first-order chi connectivity index (χ1) is 16.7. The van der Waals surface area contributed by atoms with E-state index < -0.39 is 0 Å². The van der Waals surface area contributed by atoms with Gasteiger partial charge in [0, 0.05) is 24.1 Å². The number of carbonyl (C=O) groups excluding carboxylic acids is 1. The second kappa shape index (κ2) is 9.46. The third-order valence-electron chi connectivity index (χ3n) is 5.25. The molecule has 0 aliphatic heterocycles. The third kappa shape index (κ3) is 4.45. The Morgan fingerprint density at radius 1 is 0.941 bits per heavy atom. The number of hydrogen-bond donors (Lipinski definition) is 1. The summed E-state index contributed by atoms with van der Waals surface area (Å²) >= 11 is 0. The van der Waals surface area contributed by atoms with Crippen LogP contribution in [0.1, 0.15) is 17.3 Å². The fraction of sp³-hybridized carbons (Fsp3) is 0.0741. The average molecular weight is 450 g/mol. The van der Waals surface area contributed by atoms with Crippen molar-refractivity contribution in [3.8, 4) is 23.2 Å². The molecule has 0 aliphatic carbocycles. The highest BCUT2D eigenvalue weighted by Crippen LogP contribution is 2.30. The van der Waals surface area contributed by atoms with Gasteiger partial charge in [-0.1, -0.05) is 30.3 Å². The van der Waals surface area contributed by atoms with Crippen LogP contribution in [-0.2, 0) is 0 Å². The predicted molar refractivity (Wildman–Crippen MR) is 131 cm³/mol. The van der Waals surface area contributed by atoms with E-state index in [1.165, 1.54) is 6.33 Å². The van der Waals surface area contributed by atoms with Crippen molar-refractivity contribution in [3.05, 3.63) is 103 Å². The van der Waals surface area contributed by atoms with E-state index >= 15 is 0 Å². The zero-order valence-corrected chi connectivity index (χ0v) is 18.5. The molecule has 168 valence electrons. The summed E-state index contributed by atoms with van der Waals surface area (Å²) in [6, 6.07) is 24.3. The lowest BCUT2D eigenvalue weighted by atomic mass is 10.0. The Morgan fingerprint density at radius 3 is 2.53 bits per heavy atom. The van der Waals surface area contributed by atoms with Crippen LogP contribution in [0.25, 0.3) is 16.6 Å². The highest BCUT2D eigenvalue weighted by atomic mass is 16.5. The second-order valence-electron chi connectivity index (χ2n) is 7.48. The van der Waals surface area contributed by atoms with Crippen molar-refractivity contribution >= 4 is 22.4 Å². The Bertz CT molecular complexity index is 1430. The molecule has 3 aromatic carbocycles. The van der Waals surface area contributed by atoms with Gasteiger partial charge in [0.15, 0.2) is 0 Å². The van der Waals surface area contributed by atoms with Crippen LogP contribution in [0.3, 0.4) is 0 Å². The lowest BCUT2D eigenvalue weighted by molar-refractivity contribution is 0.102. The molecule has 0 radical (unpaired) electrons. The first-order valence-corrected chi connectivity index (χ1v) is 10.9. The molecule has 5 rings (SSSR count). The number of fused-ring (bicyclic) bond motifs is 1. The molecule has 0 unspecified atom stereocenters. The van der Waals surface area contributed by atoms with Crippen LogP contribution in [-0.4, -0.2) is 27.0 Å². The summed E-state index contributed by atoms with van der Waals surface area (Å²) in [4.78, 5) is 21.6. The van der Waals surface area contributed by atoms with Gasteiger partial charge in [-0.05, 0) is 60.2 Å². The Balaban J connectivity index is 1.34. The Hall–Kier alpha value is -4.65. The van der Waals surface area contributed by atoms with Gasteiger partial charge in [0.1, 0.15) is 23.6 Å². The summed E-state index contributed by atoms with van der Waals surface area (Å²) in [5.41, 5.74) is 1.15. The summed E-state index contributed by atoms with van der Waals surface area (Å²) in [5, 5.41) is 4.78. The molecule has 34 heavy (non-hydrogen) atoms. The number of nitrogens with zero attached hydrogens (tertiary/aromatic N) is 3. The van der Waals surface area contributed by atoms with Gasteiger partial charge in [-0.25, -0.2) is 9.97 Å². The van der Waals surface area contributed by atoms with Crippen molar-refractivity contribution in [2.45, 2.75) is 6.92 Å². The third-order valence-corrected chi connectivity index (χ3v) is 5.25. The van der Waals surface area contributed by atoms with Crippen molar-refractivity contribution < 1.29 is 14.3 Å². The van der Waals surface area contributed by atoms with E-state index in [1.807, 2.05) is 72.4 Å². The molecular formula is C27H22N4O3. The smallest absolute Gasteiger partial charge is 0.260 e. The van der Waals surface area contributed by atoms with Crippen LogP contribution < -0.4 is 14.8 Å². The highest BCUT2D eigenvalue weighted by molar-refractivity contribution is 6.15. The minimum atomic E-state index is -0.235. The SMILES string of the molecule is CCOc1ccc2ccccc2c1C(=O)Nc1ccc(Oc2cc(-n3cccc3)ncn2)cc1. The first kappa shape index (κ1) is 21.2. The van der Waals surface area contributed by atoms with E-state index in [2.05, 4.69) is 15.3 Å². The van der Waals surface area contributed by atoms with Crippen LogP contribution in [0.5, 0.6) is 17.4 Å². The molecule has 1 amide bonds. The van der Waals surface area contributed by atoms with E-state index in [9.17, 15) is 4.79 Å². The maximum absolute atomic E-state index is 13.2. The summed E-state index contributed by atoms with van der Waals surface area (Å²) in [6.45, 7) is 2.37. The number of rotatable bonds is 7. The number of carbonyl (C=O) groups is 1.